The van der Waals surface area contributed by atoms with Crippen LogP contribution in [-0.2, 0) is 10.9 Å². The standard InChI is InChI=1S/C16H19F3O2/c1-3-9-21-10-5-4-6-13-7-8-14(12(2)20)11-15(13)16(17,18)19/h4,6-8,11H,3,5,9-10H2,1-2H3/b6-4-. The number of ketones is 1. The van der Waals surface area contributed by atoms with Crippen LogP contribution in [-0.4, -0.2) is 19.0 Å². The van der Waals surface area contributed by atoms with Crippen molar-refractivity contribution >= 4 is 11.9 Å². The van der Waals surface area contributed by atoms with Crippen molar-refractivity contribution in [3.63, 3.8) is 0 Å². The number of carbonyl (C=O) groups excluding carboxylic acids is 1. The fraction of sp³-hybridized carbons (Fsp3) is 0.438. The van der Waals surface area contributed by atoms with E-state index in [1.807, 2.05) is 6.92 Å². The Bertz CT molecular complexity index is 505. The van der Waals surface area contributed by atoms with Crippen molar-refractivity contribution in [3.05, 3.63) is 41.0 Å². The zero-order valence-electron chi connectivity index (χ0n) is 12.2. The van der Waals surface area contributed by atoms with Gasteiger partial charge in [-0.2, -0.15) is 13.2 Å². The van der Waals surface area contributed by atoms with Crippen LogP contribution in [0.3, 0.4) is 0 Å². The highest BCUT2D eigenvalue weighted by atomic mass is 19.4. The van der Waals surface area contributed by atoms with E-state index in [1.54, 1.807) is 6.08 Å². The lowest BCUT2D eigenvalue weighted by Crippen LogP contribution is -2.09. The normalized spacial score (nSPS) is 12.0. The monoisotopic (exact) mass is 300 g/mol. The molecule has 21 heavy (non-hydrogen) atoms. The molecule has 0 atom stereocenters. The Labute approximate surface area is 122 Å². The second-order valence-corrected chi connectivity index (χ2v) is 4.66. The summed E-state index contributed by atoms with van der Waals surface area (Å²) < 4.78 is 44.2. The third-order valence-electron chi connectivity index (χ3n) is 2.84. The van der Waals surface area contributed by atoms with Gasteiger partial charge in [-0.05, 0) is 31.4 Å². The summed E-state index contributed by atoms with van der Waals surface area (Å²) in [5, 5.41) is 0. The molecule has 1 aromatic carbocycles. The summed E-state index contributed by atoms with van der Waals surface area (Å²) >= 11 is 0. The van der Waals surface area contributed by atoms with Gasteiger partial charge in [0.15, 0.2) is 5.78 Å². The van der Waals surface area contributed by atoms with E-state index in [4.69, 9.17) is 4.74 Å². The number of hydrogen-bond donors (Lipinski definition) is 0. The van der Waals surface area contributed by atoms with Crippen LogP contribution in [0.1, 0.15) is 48.2 Å². The zero-order valence-corrected chi connectivity index (χ0v) is 12.2. The second-order valence-electron chi connectivity index (χ2n) is 4.66. The summed E-state index contributed by atoms with van der Waals surface area (Å²) in [4.78, 5) is 11.2. The first-order valence-electron chi connectivity index (χ1n) is 6.82. The number of carbonyl (C=O) groups is 1. The topological polar surface area (TPSA) is 26.3 Å². The zero-order chi connectivity index (χ0) is 15.9. The van der Waals surface area contributed by atoms with Crippen LogP contribution < -0.4 is 0 Å². The van der Waals surface area contributed by atoms with Crippen LogP contribution in [0.5, 0.6) is 0 Å². The van der Waals surface area contributed by atoms with Gasteiger partial charge >= 0.3 is 6.18 Å². The summed E-state index contributed by atoms with van der Waals surface area (Å²) in [5.41, 5.74) is -0.672. The molecule has 0 heterocycles. The number of ether oxygens (including phenoxy) is 1. The summed E-state index contributed by atoms with van der Waals surface area (Å²) in [6.45, 7) is 4.37. The predicted molar refractivity (Wildman–Crippen MR) is 76.2 cm³/mol. The van der Waals surface area contributed by atoms with E-state index in [2.05, 4.69) is 0 Å². The maximum Gasteiger partial charge on any atom is 0.417 e. The minimum atomic E-state index is -4.48. The van der Waals surface area contributed by atoms with Gasteiger partial charge < -0.3 is 4.74 Å². The Hall–Kier alpha value is -1.62. The Balaban J connectivity index is 2.86. The van der Waals surface area contributed by atoms with Crippen LogP contribution in [0.15, 0.2) is 24.3 Å². The number of rotatable bonds is 7. The lowest BCUT2D eigenvalue weighted by molar-refractivity contribution is -0.137. The van der Waals surface area contributed by atoms with Gasteiger partial charge in [0.1, 0.15) is 0 Å². The first-order valence-corrected chi connectivity index (χ1v) is 6.82. The van der Waals surface area contributed by atoms with Crippen LogP contribution in [0.2, 0.25) is 0 Å². The molecule has 1 aromatic rings. The molecule has 0 aliphatic heterocycles. The number of hydrogen-bond acceptors (Lipinski definition) is 2. The molecule has 0 aliphatic carbocycles. The molecule has 0 aromatic heterocycles. The number of Topliss-reactive ketones (excluding diaryl/α,β-unsaturated/α-hetero) is 1. The van der Waals surface area contributed by atoms with Gasteiger partial charge in [-0.3, -0.25) is 4.79 Å². The van der Waals surface area contributed by atoms with Crippen LogP contribution >= 0.6 is 0 Å². The summed E-state index contributed by atoms with van der Waals surface area (Å²) in [6, 6.07) is 3.63. The third-order valence-corrected chi connectivity index (χ3v) is 2.84. The maximum absolute atomic E-state index is 13.0. The smallest absolute Gasteiger partial charge is 0.381 e. The molecule has 0 fully saturated rings. The molecule has 2 nitrogen and oxygen atoms in total. The van der Waals surface area contributed by atoms with Crippen LogP contribution in [0.25, 0.3) is 6.08 Å². The van der Waals surface area contributed by atoms with Gasteiger partial charge in [-0.1, -0.05) is 31.2 Å². The highest BCUT2D eigenvalue weighted by Gasteiger charge is 2.33. The van der Waals surface area contributed by atoms with E-state index in [9.17, 15) is 18.0 Å². The van der Waals surface area contributed by atoms with Crippen molar-refractivity contribution in [3.8, 4) is 0 Å². The van der Waals surface area contributed by atoms with E-state index in [0.717, 1.165) is 12.5 Å². The molecular formula is C16H19F3O2. The molecule has 0 spiro atoms. The molecule has 1 rings (SSSR count). The van der Waals surface area contributed by atoms with E-state index >= 15 is 0 Å². The van der Waals surface area contributed by atoms with Crippen molar-refractivity contribution in [1.29, 1.82) is 0 Å². The Morgan fingerprint density at radius 3 is 2.57 bits per heavy atom. The van der Waals surface area contributed by atoms with E-state index in [0.29, 0.717) is 19.6 Å². The molecule has 0 N–H and O–H groups in total. The average Bonchev–Trinajstić information content (AvgIpc) is 2.41. The lowest BCUT2D eigenvalue weighted by Gasteiger charge is -2.11. The summed E-state index contributed by atoms with van der Waals surface area (Å²) in [5.74, 6) is -0.385. The number of halogens is 3. The highest BCUT2D eigenvalue weighted by Crippen LogP contribution is 2.33. The Morgan fingerprint density at radius 1 is 1.29 bits per heavy atom. The van der Waals surface area contributed by atoms with E-state index < -0.39 is 11.7 Å². The molecule has 0 bridgehead atoms. The average molecular weight is 300 g/mol. The summed E-state index contributed by atoms with van der Waals surface area (Å²) in [6.07, 6.45) is 0.0414. The largest absolute Gasteiger partial charge is 0.417 e. The van der Waals surface area contributed by atoms with Crippen molar-refractivity contribution in [2.24, 2.45) is 0 Å². The minimum absolute atomic E-state index is 0.0583. The van der Waals surface area contributed by atoms with E-state index in [-0.39, 0.29) is 16.9 Å². The van der Waals surface area contributed by atoms with Gasteiger partial charge in [-0.15, -0.1) is 0 Å². The minimum Gasteiger partial charge on any atom is -0.381 e. The highest BCUT2D eigenvalue weighted by molar-refractivity contribution is 5.94. The molecule has 0 amide bonds. The third kappa shape index (κ3) is 5.71. The first kappa shape index (κ1) is 17.4. The van der Waals surface area contributed by atoms with Crippen molar-refractivity contribution < 1.29 is 22.7 Å². The molecule has 0 radical (unpaired) electrons. The Kier molecular flexibility index (Phi) is 6.62. The van der Waals surface area contributed by atoms with Gasteiger partial charge in [0, 0.05) is 12.2 Å². The SMILES string of the molecule is CCCOCC/C=C\c1ccc(C(C)=O)cc1C(F)(F)F. The van der Waals surface area contributed by atoms with E-state index in [1.165, 1.54) is 25.1 Å². The molecule has 0 aliphatic rings. The number of benzene rings is 1. The molecule has 0 unspecified atom stereocenters. The predicted octanol–water partition coefficient (Wildman–Crippen LogP) is 4.74. The molecule has 5 heteroatoms. The van der Waals surface area contributed by atoms with Crippen molar-refractivity contribution in [2.45, 2.75) is 32.9 Å². The molecule has 0 saturated carbocycles. The van der Waals surface area contributed by atoms with Crippen LogP contribution in [0.4, 0.5) is 13.2 Å². The Morgan fingerprint density at radius 2 is 2.00 bits per heavy atom. The van der Waals surface area contributed by atoms with Crippen LogP contribution in [0, 0.1) is 0 Å². The fourth-order valence-electron chi connectivity index (χ4n) is 1.77. The molecular weight excluding hydrogens is 281 g/mol. The van der Waals surface area contributed by atoms with Crippen molar-refractivity contribution in [1.82, 2.24) is 0 Å². The van der Waals surface area contributed by atoms with Gasteiger partial charge in [0.25, 0.3) is 0 Å². The number of alkyl halides is 3. The maximum atomic E-state index is 13.0. The lowest BCUT2D eigenvalue weighted by atomic mass is 10.0. The summed E-state index contributed by atoms with van der Waals surface area (Å²) in [7, 11) is 0. The molecule has 0 saturated heterocycles. The van der Waals surface area contributed by atoms with Gasteiger partial charge in [-0.25, -0.2) is 0 Å². The van der Waals surface area contributed by atoms with Crippen molar-refractivity contribution in [2.75, 3.05) is 13.2 Å². The second kappa shape index (κ2) is 7.98. The van der Waals surface area contributed by atoms with Gasteiger partial charge in [0.05, 0.1) is 12.2 Å². The first-order chi connectivity index (χ1) is 9.86. The quantitative estimate of drug-likeness (QED) is 0.537. The fourth-order valence-corrected chi connectivity index (χ4v) is 1.77. The molecule has 116 valence electrons. The van der Waals surface area contributed by atoms with Gasteiger partial charge in [0.2, 0.25) is 0 Å².